The summed E-state index contributed by atoms with van der Waals surface area (Å²) in [5, 5.41) is 3.41. The van der Waals surface area contributed by atoms with Crippen molar-refractivity contribution in [3.8, 4) is 16.3 Å². The van der Waals surface area contributed by atoms with Crippen LogP contribution in [-0.2, 0) is 6.54 Å². The lowest BCUT2D eigenvalue weighted by molar-refractivity contribution is -0.274. The first-order chi connectivity index (χ1) is 13.3. The van der Waals surface area contributed by atoms with Gasteiger partial charge in [-0.15, -0.1) is 24.5 Å². The molecule has 2 aromatic heterocycles. The van der Waals surface area contributed by atoms with Crippen LogP contribution in [0.15, 0.2) is 43.0 Å². The maximum absolute atomic E-state index is 12.4. The standard InChI is InChI=1S/C18H17F3N4O2S/c1-12-15(16(26)23-7-2-9-25-10-8-22-11-25)28-17(24-12)13-3-5-14(6-4-13)27-18(19,20)21/h3-6,8,10-11H,2,7,9H2,1H3,(H,23,26). The van der Waals surface area contributed by atoms with E-state index in [2.05, 4.69) is 20.0 Å². The highest BCUT2D eigenvalue weighted by Crippen LogP contribution is 2.30. The number of ether oxygens (including phenoxy) is 1. The van der Waals surface area contributed by atoms with E-state index >= 15 is 0 Å². The van der Waals surface area contributed by atoms with Gasteiger partial charge in [0, 0.05) is 31.0 Å². The molecular formula is C18H17F3N4O2S. The predicted molar refractivity (Wildman–Crippen MR) is 98.1 cm³/mol. The van der Waals surface area contributed by atoms with Gasteiger partial charge in [-0.3, -0.25) is 4.79 Å². The molecule has 1 amide bonds. The predicted octanol–water partition coefficient (Wildman–Crippen LogP) is 4.03. The molecular weight excluding hydrogens is 393 g/mol. The van der Waals surface area contributed by atoms with Crippen molar-refractivity contribution in [2.24, 2.45) is 0 Å². The van der Waals surface area contributed by atoms with Crippen LogP contribution in [0.3, 0.4) is 0 Å². The minimum Gasteiger partial charge on any atom is -0.406 e. The minimum absolute atomic E-state index is 0.219. The Balaban J connectivity index is 1.59. The molecule has 3 rings (SSSR count). The molecule has 28 heavy (non-hydrogen) atoms. The number of imidazole rings is 1. The van der Waals surface area contributed by atoms with Crippen LogP contribution < -0.4 is 10.1 Å². The third-order valence-electron chi connectivity index (χ3n) is 3.78. The summed E-state index contributed by atoms with van der Waals surface area (Å²) in [6, 6.07) is 5.39. The Labute approximate surface area is 163 Å². The normalized spacial score (nSPS) is 11.4. The molecule has 0 unspecified atom stereocenters. The van der Waals surface area contributed by atoms with Crippen LogP contribution in [0.2, 0.25) is 0 Å². The van der Waals surface area contributed by atoms with E-state index in [1.54, 1.807) is 19.4 Å². The molecule has 1 N–H and O–H groups in total. The second kappa shape index (κ2) is 8.42. The summed E-state index contributed by atoms with van der Waals surface area (Å²) in [5.74, 6) is -0.524. The first kappa shape index (κ1) is 19.9. The first-order valence-electron chi connectivity index (χ1n) is 8.39. The Morgan fingerprint density at radius 1 is 1.29 bits per heavy atom. The lowest BCUT2D eigenvalue weighted by Crippen LogP contribution is -2.25. The van der Waals surface area contributed by atoms with Crippen LogP contribution in [0.1, 0.15) is 21.8 Å². The summed E-state index contributed by atoms with van der Waals surface area (Å²) >= 11 is 1.19. The molecule has 0 fully saturated rings. The Kier molecular flexibility index (Phi) is 5.98. The Morgan fingerprint density at radius 3 is 2.68 bits per heavy atom. The zero-order valence-corrected chi connectivity index (χ0v) is 15.7. The fourth-order valence-corrected chi connectivity index (χ4v) is 3.48. The molecule has 6 nitrogen and oxygen atoms in total. The summed E-state index contributed by atoms with van der Waals surface area (Å²) in [7, 11) is 0. The number of thiazole rings is 1. The van der Waals surface area contributed by atoms with Gasteiger partial charge >= 0.3 is 6.36 Å². The number of aromatic nitrogens is 3. The Bertz CT molecular complexity index is 921. The number of nitrogens with zero attached hydrogens (tertiary/aromatic N) is 3. The Morgan fingerprint density at radius 2 is 2.04 bits per heavy atom. The third kappa shape index (κ3) is 5.32. The second-order valence-corrected chi connectivity index (χ2v) is 6.91. The number of carbonyl (C=O) groups excluding carboxylic acids is 1. The molecule has 0 bridgehead atoms. The van der Waals surface area contributed by atoms with Gasteiger partial charge in [0.1, 0.15) is 15.6 Å². The van der Waals surface area contributed by atoms with E-state index in [9.17, 15) is 18.0 Å². The smallest absolute Gasteiger partial charge is 0.406 e. The molecule has 0 saturated carbocycles. The van der Waals surface area contributed by atoms with Crippen molar-refractivity contribution in [3.63, 3.8) is 0 Å². The summed E-state index contributed by atoms with van der Waals surface area (Å²) in [6.45, 7) is 2.98. The number of hydrogen-bond donors (Lipinski definition) is 1. The molecule has 0 aliphatic rings. The van der Waals surface area contributed by atoms with Crippen LogP contribution >= 0.6 is 11.3 Å². The molecule has 3 aromatic rings. The maximum atomic E-state index is 12.4. The number of nitrogens with one attached hydrogen (secondary N) is 1. The number of rotatable bonds is 7. The zero-order chi connectivity index (χ0) is 20.1. The lowest BCUT2D eigenvalue weighted by atomic mass is 10.2. The molecule has 1 aromatic carbocycles. The molecule has 10 heteroatoms. The average Bonchev–Trinajstić information content (AvgIpc) is 3.27. The zero-order valence-electron chi connectivity index (χ0n) is 14.9. The number of alkyl halides is 3. The molecule has 0 aliphatic carbocycles. The number of halogens is 3. The average molecular weight is 410 g/mol. The highest BCUT2D eigenvalue weighted by molar-refractivity contribution is 7.17. The number of hydrogen-bond acceptors (Lipinski definition) is 5. The summed E-state index contributed by atoms with van der Waals surface area (Å²) in [6.07, 6.45) is 1.29. The van der Waals surface area contributed by atoms with Crippen molar-refractivity contribution in [3.05, 3.63) is 53.6 Å². The van der Waals surface area contributed by atoms with Gasteiger partial charge in [0.05, 0.1) is 12.0 Å². The molecule has 0 spiro atoms. The number of amides is 1. The summed E-state index contributed by atoms with van der Waals surface area (Å²) in [5.41, 5.74) is 1.18. The van der Waals surface area contributed by atoms with Crippen molar-refractivity contribution in [2.75, 3.05) is 6.54 Å². The van der Waals surface area contributed by atoms with E-state index in [1.807, 2.05) is 10.8 Å². The molecule has 0 atom stereocenters. The van der Waals surface area contributed by atoms with Gasteiger partial charge in [-0.25, -0.2) is 9.97 Å². The quantitative estimate of drug-likeness (QED) is 0.597. The van der Waals surface area contributed by atoms with Crippen LogP contribution in [0, 0.1) is 6.92 Å². The van der Waals surface area contributed by atoms with Gasteiger partial charge in [-0.2, -0.15) is 0 Å². The molecule has 2 heterocycles. The van der Waals surface area contributed by atoms with E-state index in [4.69, 9.17) is 0 Å². The third-order valence-corrected chi connectivity index (χ3v) is 4.98. The van der Waals surface area contributed by atoms with Crippen molar-refractivity contribution in [2.45, 2.75) is 26.3 Å². The van der Waals surface area contributed by atoms with Crippen LogP contribution in [0.5, 0.6) is 5.75 Å². The van der Waals surface area contributed by atoms with E-state index in [-0.39, 0.29) is 11.7 Å². The van der Waals surface area contributed by atoms with Gasteiger partial charge in [0.2, 0.25) is 0 Å². The van der Waals surface area contributed by atoms with E-state index < -0.39 is 6.36 Å². The highest BCUT2D eigenvalue weighted by Gasteiger charge is 2.31. The molecule has 148 valence electrons. The number of aryl methyl sites for hydroxylation is 2. The van der Waals surface area contributed by atoms with Crippen molar-refractivity contribution >= 4 is 17.2 Å². The van der Waals surface area contributed by atoms with Gasteiger partial charge in [0.15, 0.2) is 0 Å². The second-order valence-electron chi connectivity index (χ2n) is 5.92. The first-order valence-corrected chi connectivity index (χ1v) is 9.21. The highest BCUT2D eigenvalue weighted by atomic mass is 32.1. The topological polar surface area (TPSA) is 69.0 Å². The van der Waals surface area contributed by atoms with Gasteiger partial charge < -0.3 is 14.6 Å². The molecule has 0 saturated heterocycles. The summed E-state index contributed by atoms with van der Waals surface area (Å²) in [4.78, 5) is 21.2. The fourth-order valence-electron chi connectivity index (χ4n) is 2.49. The van der Waals surface area contributed by atoms with Crippen molar-refractivity contribution < 1.29 is 22.7 Å². The van der Waals surface area contributed by atoms with Gasteiger partial charge in [0.25, 0.3) is 5.91 Å². The van der Waals surface area contributed by atoms with Crippen LogP contribution in [0.25, 0.3) is 10.6 Å². The number of benzene rings is 1. The molecule has 0 radical (unpaired) electrons. The van der Waals surface area contributed by atoms with Crippen molar-refractivity contribution in [1.82, 2.24) is 19.9 Å². The lowest BCUT2D eigenvalue weighted by Gasteiger charge is -2.08. The minimum atomic E-state index is -4.73. The van der Waals surface area contributed by atoms with Crippen LogP contribution in [0.4, 0.5) is 13.2 Å². The van der Waals surface area contributed by atoms with E-state index in [0.29, 0.717) is 27.7 Å². The van der Waals surface area contributed by atoms with Crippen LogP contribution in [-0.4, -0.2) is 33.3 Å². The fraction of sp³-hybridized carbons (Fsp3) is 0.278. The Hall–Kier alpha value is -2.88. The van der Waals surface area contributed by atoms with Gasteiger partial charge in [-0.1, -0.05) is 0 Å². The van der Waals surface area contributed by atoms with Gasteiger partial charge in [-0.05, 0) is 37.6 Å². The van der Waals surface area contributed by atoms with Crippen molar-refractivity contribution in [1.29, 1.82) is 0 Å². The molecule has 0 aliphatic heterocycles. The summed E-state index contributed by atoms with van der Waals surface area (Å²) < 4.78 is 42.5. The monoisotopic (exact) mass is 410 g/mol. The number of carbonyl (C=O) groups is 1. The van der Waals surface area contributed by atoms with E-state index in [1.165, 1.54) is 35.6 Å². The SMILES string of the molecule is Cc1nc(-c2ccc(OC(F)(F)F)cc2)sc1C(=O)NCCCn1ccnc1. The largest absolute Gasteiger partial charge is 0.573 e. The maximum Gasteiger partial charge on any atom is 0.573 e. The van der Waals surface area contributed by atoms with E-state index in [0.717, 1.165) is 13.0 Å².